The van der Waals surface area contributed by atoms with E-state index in [4.69, 9.17) is 4.74 Å². The Kier molecular flexibility index (Phi) is 6.65. The zero-order valence-electron chi connectivity index (χ0n) is 18.4. The Morgan fingerprint density at radius 3 is 2.41 bits per heavy atom. The van der Waals surface area contributed by atoms with Gasteiger partial charge in [-0.1, -0.05) is 32.0 Å². The van der Waals surface area contributed by atoms with Gasteiger partial charge in [-0.2, -0.15) is 4.31 Å². The Morgan fingerprint density at radius 1 is 1.03 bits per heavy atom. The maximum atomic E-state index is 13.2. The minimum Gasteiger partial charge on any atom is -0.370 e. The van der Waals surface area contributed by atoms with E-state index in [-0.39, 0.29) is 22.7 Å². The second-order valence-electron chi connectivity index (χ2n) is 8.96. The van der Waals surface area contributed by atoms with E-state index < -0.39 is 10.0 Å². The molecule has 2 fully saturated rings. The molecule has 8 heteroatoms. The summed E-state index contributed by atoms with van der Waals surface area (Å²) >= 11 is 0. The normalized spacial score (nSPS) is 25.0. The van der Waals surface area contributed by atoms with Crippen LogP contribution in [0.25, 0.3) is 0 Å². The largest absolute Gasteiger partial charge is 0.370 e. The third-order valence-electron chi connectivity index (χ3n) is 6.15. The number of benzene rings is 2. The van der Waals surface area contributed by atoms with Crippen molar-refractivity contribution in [1.82, 2.24) is 9.21 Å². The Hall–Kier alpha value is -2.29. The molecule has 2 aromatic rings. The van der Waals surface area contributed by atoms with Crippen molar-refractivity contribution in [3.63, 3.8) is 0 Å². The lowest BCUT2D eigenvalue weighted by Gasteiger charge is -2.34. The molecule has 2 aromatic carbocycles. The van der Waals surface area contributed by atoms with Gasteiger partial charge in [0, 0.05) is 25.2 Å². The highest BCUT2D eigenvalue weighted by molar-refractivity contribution is 7.89. The maximum absolute atomic E-state index is 13.2. The number of nitrogens with zero attached hydrogens (tertiary/aromatic N) is 2. The highest BCUT2D eigenvalue weighted by Gasteiger charge is 2.32. The molecular weight excluding hydrogens is 431 g/mol. The van der Waals surface area contributed by atoms with E-state index in [1.54, 1.807) is 35.2 Å². The van der Waals surface area contributed by atoms with Crippen molar-refractivity contribution in [1.29, 1.82) is 0 Å². The molecule has 0 bridgehead atoms. The molecule has 6 nitrogen and oxygen atoms in total. The van der Waals surface area contributed by atoms with Crippen molar-refractivity contribution in [2.24, 2.45) is 11.8 Å². The van der Waals surface area contributed by atoms with Crippen LogP contribution >= 0.6 is 0 Å². The lowest BCUT2D eigenvalue weighted by Crippen LogP contribution is -2.43. The van der Waals surface area contributed by atoms with E-state index in [0.717, 1.165) is 12.0 Å². The second kappa shape index (κ2) is 9.29. The van der Waals surface area contributed by atoms with E-state index in [2.05, 4.69) is 13.8 Å². The van der Waals surface area contributed by atoms with Gasteiger partial charge in [0.15, 0.2) is 0 Å². The number of ether oxygens (including phenoxy) is 1. The molecule has 0 saturated carbocycles. The van der Waals surface area contributed by atoms with Crippen molar-refractivity contribution in [3.8, 4) is 0 Å². The quantitative estimate of drug-likeness (QED) is 0.698. The predicted octanol–water partition coefficient (Wildman–Crippen LogP) is 3.71. The molecule has 1 amide bonds. The summed E-state index contributed by atoms with van der Waals surface area (Å²) in [6.07, 6.45) is 0.660. The standard InChI is InChI=1S/C24H29FN2O4S/c1-17-12-18(2)15-27(14-17)32(29,30)22-5-3-4-20(13-22)24(28)26-10-11-31-23(16-26)19-6-8-21(25)9-7-19/h3-9,13,17-18,23H,10-12,14-16H2,1-2H3. The molecule has 2 aliphatic heterocycles. The van der Waals surface area contributed by atoms with Gasteiger partial charge in [-0.15, -0.1) is 0 Å². The molecule has 0 aliphatic carbocycles. The first-order chi connectivity index (χ1) is 15.2. The van der Waals surface area contributed by atoms with Crippen molar-refractivity contribution in [2.75, 3.05) is 32.8 Å². The van der Waals surface area contributed by atoms with Crippen molar-refractivity contribution >= 4 is 15.9 Å². The number of amides is 1. The molecule has 0 aromatic heterocycles. The van der Waals surface area contributed by atoms with Gasteiger partial charge in [0.1, 0.15) is 11.9 Å². The molecule has 2 saturated heterocycles. The fraction of sp³-hybridized carbons (Fsp3) is 0.458. The number of piperidine rings is 1. The molecule has 2 heterocycles. The van der Waals surface area contributed by atoms with Crippen LogP contribution in [0.3, 0.4) is 0 Å². The average molecular weight is 461 g/mol. The van der Waals surface area contributed by atoms with Crippen LogP contribution in [0.1, 0.15) is 42.3 Å². The summed E-state index contributed by atoms with van der Waals surface area (Å²) in [5.74, 6) is 0.0380. The second-order valence-corrected chi connectivity index (χ2v) is 10.9. The Morgan fingerprint density at radius 2 is 1.72 bits per heavy atom. The van der Waals surface area contributed by atoms with Crippen molar-refractivity contribution in [3.05, 3.63) is 65.5 Å². The average Bonchev–Trinajstić information content (AvgIpc) is 2.78. The predicted molar refractivity (Wildman–Crippen MR) is 119 cm³/mol. The summed E-state index contributed by atoms with van der Waals surface area (Å²) in [6, 6.07) is 12.3. The zero-order chi connectivity index (χ0) is 22.9. The van der Waals surface area contributed by atoms with Gasteiger partial charge in [-0.05, 0) is 54.2 Å². The van der Waals surface area contributed by atoms with Crippen LogP contribution < -0.4 is 0 Å². The highest BCUT2D eigenvalue weighted by atomic mass is 32.2. The molecule has 0 spiro atoms. The van der Waals surface area contributed by atoms with Gasteiger partial charge in [-0.3, -0.25) is 4.79 Å². The number of hydrogen-bond acceptors (Lipinski definition) is 4. The molecule has 0 radical (unpaired) electrons. The summed E-state index contributed by atoms with van der Waals surface area (Å²) < 4.78 is 47.0. The number of carbonyl (C=O) groups excluding carboxylic acids is 1. The summed E-state index contributed by atoms with van der Waals surface area (Å²) in [5, 5.41) is 0. The van der Waals surface area contributed by atoms with Crippen molar-refractivity contribution in [2.45, 2.75) is 31.3 Å². The van der Waals surface area contributed by atoms with Gasteiger partial charge in [0.25, 0.3) is 5.91 Å². The Bertz CT molecular complexity index is 1060. The van der Waals surface area contributed by atoms with Crippen LogP contribution in [0.4, 0.5) is 4.39 Å². The summed E-state index contributed by atoms with van der Waals surface area (Å²) in [6.45, 7) is 6.20. The van der Waals surface area contributed by atoms with E-state index in [9.17, 15) is 17.6 Å². The number of rotatable bonds is 4. The third kappa shape index (κ3) is 4.87. The topological polar surface area (TPSA) is 66.9 Å². The van der Waals surface area contributed by atoms with Crippen molar-refractivity contribution < 1.29 is 22.3 Å². The minimum absolute atomic E-state index is 0.146. The fourth-order valence-corrected chi connectivity index (χ4v) is 6.36. The Balaban J connectivity index is 1.52. The summed E-state index contributed by atoms with van der Waals surface area (Å²) in [4.78, 5) is 15.0. The number of carbonyl (C=O) groups is 1. The van der Waals surface area contributed by atoms with Crippen LogP contribution in [0, 0.1) is 17.7 Å². The maximum Gasteiger partial charge on any atom is 0.254 e. The number of sulfonamides is 1. The SMILES string of the molecule is CC1CC(C)CN(S(=O)(=O)c2cccc(C(=O)N3CCOC(c4ccc(F)cc4)C3)c2)C1. The zero-order valence-corrected chi connectivity index (χ0v) is 19.2. The van der Waals surface area contributed by atoms with Crippen LogP contribution in [0.2, 0.25) is 0 Å². The monoisotopic (exact) mass is 460 g/mol. The molecule has 32 heavy (non-hydrogen) atoms. The smallest absolute Gasteiger partial charge is 0.254 e. The molecule has 2 aliphatic rings. The van der Waals surface area contributed by atoms with Crippen LogP contribution in [-0.2, 0) is 14.8 Å². The van der Waals surface area contributed by atoms with E-state index in [0.29, 0.717) is 50.2 Å². The molecule has 4 rings (SSSR count). The van der Waals surface area contributed by atoms with Gasteiger partial charge >= 0.3 is 0 Å². The van der Waals surface area contributed by atoms with Crippen LogP contribution in [0.15, 0.2) is 53.4 Å². The molecule has 3 unspecified atom stereocenters. The van der Waals surface area contributed by atoms with Gasteiger partial charge < -0.3 is 9.64 Å². The molecule has 0 N–H and O–H groups in total. The van der Waals surface area contributed by atoms with E-state index in [1.807, 2.05) is 0 Å². The summed E-state index contributed by atoms with van der Waals surface area (Å²) in [5.41, 5.74) is 1.14. The summed E-state index contributed by atoms with van der Waals surface area (Å²) in [7, 11) is -3.67. The fourth-order valence-electron chi connectivity index (χ4n) is 4.64. The van der Waals surface area contributed by atoms with Gasteiger partial charge in [0.2, 0.25) is 10.0 Å². The van der Waals surface area contributed by atoms with Gasteiger partial charge in [0.05, 0.1) is 18.0 Å². The first-order valence-electron chi connectivity index (χ1n) is 11.0. The minimum atomic E-state index is -3.67. The van der Waals surface area contributed by atoms with Gasteiger partial charge in [-0.25, -0.2) is 12.8 Å². The molecule has 172 valence electrons. The number of halogens is 1. The molecular formula is C24H29FN2O4S. The van der Waals surface area contributed by atoms with Crippen LogP contribution in [0.5, 0.6) is 0 Å². The van der Waals surface area contributed by atoms with E-state index >= 15 is 0 Å². The third-order valence-corrected chi connectivity index (χ3v) is 7.98. The van der Waals surface area contributed by atoms with E-state index in [1.165, 1.54) is 22.5 Å². The lowest BCUT2D eigenvalue weighted by atomic mass is 9.94. The lowest BCUT2D eigenvalue weighted by molar-refractivity contribution is -0.0228. The first kappa shape index (κ1) is 22.9. The number of hydrogen-bond donors (Lipinski definition) is 0. The first-order valence-corrected chi connectivity index (χ1v) is 12.4. The van der Waals surface area contributed by atoms with Crippen LogP contribution in [-0.4, -0.2) is 56.3 Å². The highest BCUT2D eigenvalue weighted by Crippen LogP contribution is 2.28. The Labute approximate surface area is 189 Å². The molecule has 3 atom stereocenters. The number of morpholine rings is 1.